The third-order valence-electron chi connectivity index (χ3n) is 13.0. The maximum Gasteiger partial charge on any atom is 0.397 e. The first-order valence-corrected chi connectivity index (χ1v) is 15.5. The van der Waals surface area contributed by atoms with Crippen molar-refractivity contribution in [2.45, 2.75) is 105 Å². The summed E-state index contributed by atoms with van der Waals surface area (Å²) < 4.78 is 37.0. The Kier molecular flexibility index (Phi) is 6.24. The van der Waals surface area contributed by atoms with E-state index in [9.17, 15) is 22.9 Å². The van der Waals surface area contributed by atoms with Crippen molar-refractivity contribution in [2.75, 3.05) is 6.61 Å². The lowest BCUT2D eigenvalue weighted by Crippen LogP contribution is -2.59. The number of allylic oxidation sites excluding steroid dienone is 2. The molecule has 0 aromatic heterocycles. The average Bonchev–Trinajstić information content (AvgIpc) is 3.37. The van der Waals surface area contributed by atoms with Crippen LogP contribution in [-0.2, 0) is 19.4 Å². The van der Waals surface area contributed by atoms with Crippen LogP contribution in [0.15, 0.2) is 12.2 Å². The van der Waals surface area contributed by atoms with E-state index in [0.29, 0.717) is 30.6 Å². The standard InChI is InChI=1S/C29H46O6S/c1-6-7-20(30)16-19(2)21-10-12-27(5)23-9-8-22-25(3,18-35-36(32,33)34)24(31)11-13-28(22)17-29(23,28)15-14-26(21,27)4/h6-7,19,21-24,31H,8-18H2,1-5H3,(H,32,33,34). The van der Waals surface area contributed by atoms with Crippen LogP contribution in [0.2, 0.25) is 0 Å². The zero-order valence-electron chi connectivity index (χ0n) is 22.8. The molecule has 0 aromatic carbocycles. The summed E-state index contributed by atoms with van der Waals surface area (Å²) in [5.74, 6) is 2.01. The molecular weight excluding hydrogens is 476 g/mol. The second kappa shape index (κ2) is 8.37. The van der Waals surface area contributed by atoms with Crippen molar-refractivity contribution in [2.24, 2.45) is 50.7 Å². The second-order valence-electron chi connectivity index (χ2n) is 14.0. The molecule has 204 valence electrons. The lowest BCUT2D eigenvalue weighted by molar-refractivity contribution is -0.172. The first-order chi connectivity index (χ1) is 16.7. The fraction of sp³-hybridized carbons (Fsp3) is 0.897. The zero-order chi connectivity index (χ0) is 26.4. The van der Waals surface area contributed by atoms with E-state index in [0.717, 1.165) is 19.3 Å². The van der Waals surface area contributed by atoms with Gasteiger partial charge in [-0.25, -0.2) is 4.18 Å². The van der Waals surface area contributed by atoms with Crippen LogP contribution in [0.3, 0.4) is 0 Å². The highest BCUT2D eigenvalue weighted by Crippen LogP contribution is 2.89. The van der Waals surface area contributed by atoms with Crippen LogP contribution < -0.4 is 0 Å². The molecule has 0 heterocycles. The van der Waals surface area contributed by atoms with Crippen LogP contribution in [0.5, 0.6) is 0 Å². The van der Waals surface area contributed by atoms with Crippen LogP contribution in [0.25, 0.3) is 0 Å². The van der Waals surface area contributed by atoms with Gasteiger partial charge < -0.3 is 5.11 Å². The zero-order valence-corrected chi connectivity index (χ0v) is 23.6. The van der Waals surface area contributed by atoms with E-state index in [1.165, 1.54) is 32.1 Å². The molecule has 0 radical (unpaired) electrons. The largest absolute Gasteiger partial charge is 0.397 e. The highest BCUT2D eigenvalue weighted by atomic mass is 32.3. The van der Waals surface area contributed by atoms with E-state index in [-0.39, 0.29) is 40.0 Å². The Labute approximate surface area is 217 Å². The van der Waals surface area contributed by atoms with Crippen LogP contribution in [0.1, 0.15) is 98.8 Å². The predicted octanol–water partition coefficient (Wildman–Crippen LogP) is 5.76. The molecule has 0 aromatic rings. The molecule has 10 atom stereocenters. The third kappa shape index (κ3) is 3.51. The van der Waals surface area contributed by atoms with E-state index < -0.39 is 21.9 Å². The Hall–Kier alpha value is -0.760. The van der Waals surface area contributed by atoms with Crippen LogP contribution in [0, 0.1) is 50.7 Å². The number of ketones is 1. The monoisotopic (exact) mass is 522 g/mol. The van der Waals surface area contributed by atoms with Crippen molar-refractivity contribution >= 4 is 16.2 Å². The normalized spacial score (nSPS) is 50.6. The second-order valence-corrected chi connectivity index (χ2v) is 15.1. The number of aliphatic hydroxyl groups excluding tert-OH is 1. The topological polar surface area (TPSA) is 101 Å². The highest BCUT2D eigenvalue weighted by Gasteiger charge is 2.82. The summed E-state index contributed by atoms with van der Waals surface area (Å²) >= 11 is 0. The van der Waals surface area contributed by atoms with E-state index in [1.54, 1.807) is 6.08 Å². The summed E-state index contributed by atoms with van der Waals surface area (Å²) in [6, 6.07) is 0. The fourth-order valence-electron chi connectivity index (χ4n) is 11.2. The van der Waals surface area contributed by atoms with Gasteiger partial charge in [0.2, 0.25) is 0 Å². The van der Waals surface area contributed by atoms with E-state index in [4.69, 9.17) is 4.18 Å². The van der Waals surface area contributed by atoms with Crippen molar-refractivity contribution in [3.8, 4) is 0 Å². The smallest absolute Gasteiger partial charge is 0.392 e. The van der Waals surface area contributed by atoms with Gasteiger partial charge in [-0.05, 0) is 116 Å². The SMILES string of the molecule is CC=CC(=O)CC(C)C1CCC2(C)C3CCC4C(C)(COS(=O)(=O)O)C(O)CCC45CC35CCC12C. The molecule has 6 nitrogen and oxygen atoms in total. The van der Waals surface area contributed by atoms with Gasteiger partial charge in [0, 0.05) is 11.8 Å². The summed E-state index contributed by atoms with van der Waals surface area (Å²) in [7, 11) is -4.55. The van der Waals surface area contributed by atoms with Crippen LogP contribution >= 0.6 is 0 Å². The Balaban J connectivity index is 1.42. The van der Waals surface area contributed by atoms with Gasteiger partial charge in [-0.3, -0.25) is 9.35 Å². The van der Waals surface area contributed by atoms with Crippen molar-refractivity contribution in [1.29, 1.82) is 0 Å². The summed E-state index contributed by atoms with van der Waals surface area (Å²) in [5, 5.41) is 11.0. The molecule has 0 bridgehead atoms. The molecule has 7 heteroatoms. The Bertz CT molecular complexity index is 1050. The lowest BCUT2D eigenvalue weighted by atomic mass is 9.41. The molecule has 10 unspecified atom stereocenters. The number of hydrogen-bond acceptors (Lipinski definition) is 5. The first kappa shape index (κ1) is 26.8. The third-order valence-corrected chi connectivity index (χ3v) is 13.5. The molecular formula is C29H46O6S. The highest BCUT2D eigenvalue weighted by molar-refractivity contribution is 7.80. The molecule has 2 N–H and O–H groups in total. The van der Waals surface area contributed by atoms with Gasteiger partial charge in [0.1, 0.15) is 0 Å². The summed E-state index contributed by atoms with van der Waals surface area (Å²) in [6.07, 6.45) is 13.3. The van der Waals surface area contributed by atoms with Gasteiger partial charge in [-0.15, -0.1) is 0 Å². The number of carbonyl (C=O) groups is 1. The predicted molar refractivity (Wildman–Crippen MR) is 138 cm³/mol. The van der Waals surface area contributed by atoms with Gasteiger partial charge >= 0.3 is 10.4 Å². The molecule has 5 aliphatic carbocycles. The van der Waals surface area contributed by atoms with Crippen molar-refractivity contribution in [1.82, 2.24) is 0 Å². The van der Waals surface area contributed by atoms with Crippen molar-refractivity contribution in [3.63, 3.8) is 0 Å². The Morgan fingerprint density at radius 3 is 2.33 bits per heavy atom. The maximum absolute atomic E-state index is 12.4. The minimum absolute atomic E-state index is 0.141. The molecule has 0 saturated heterocycles. The molecule has 36 heavy (non-hydrogen) atoms. The number of aliphatic hydroxyl groups is 1. The van der Waals surface area contributed by atoms with Gasteiger partial charge in [0.05, 0.1) is 12.7 Å². The first-order valence-electron chi connectivity index (χ1n) is 14.1. The van der Waals surface area contributed by atoms with Gasteiger partial charge in [-0.1, -0.05) is 33.8 Å². The molecule has 2 spiro atoms. The number of carbonyl (C=O) groups excluding carboxylic acids is 1. The van der Waals surface area contributed by atoms with Gasteiger partial charge in [0.25, 0.3) is 0 Å². The van der Waals surface area contributed by atoms with E-state index in [2.05, 4.69) is 20.8 Å². The van der Waals surface area contributed by atoms with Crippen LogP contribution in [0.4, 0.5) is 0 Å². The van der Waals surface area contributed by atoms with E-state index >= 15 is 0 Å². The molecule has 0 aliphatic heterocycles. The fourth-order valence-corrected chi connectivity index (χ4v) is 11.6. The molecule has 0 amide bonds. The van der Waals surface area contributed by atoms with E-state index in [1.807, 2.05) is 19.9 Å². The Morgan fingerprint density at radius 2 is 1.67 bits per heavy atom. The van der Waals surface area contributed by atoms with Gasteiger partial charge in [0.15, 0.2) is 5.78 Å². The summed E-state index contributed by atoms with van der Waals surface area (Å²) in [6.45, 7) is 11.1. The average molecular weight is 523 g/mol. The number of hydrogen-bond donors (Lipinski definition) is 2. The van der Waals surface area contributed by atoms with Gasteiger partial charge in [-0.2, -0.15) is 8.42 Å². The number of fused-ring (bicyclic) bond motifs is 2. The molecule has 5 aliphatic rings. The minimum Gasteiger partial charge on any atom is -0.392 e. The van der Waals surface area contributed by atoms with Crippen LogP contribution in [-0.4, -0.2) is 36.6 Å². The van der Waals surface area contributed by atoms with Crippen molar-refractivity contribution in [3.05, 3.63) is 12.2 Å². The quantitative estimate of drug-likeness (QED) is 0.326. The summed E-state index contributed by atoms with van der Waals surface area (Å²) in [4.78, 5) is 12.4. The molecule has 5 fully saturated rings. The number of rotatable bonds is 7. The lowest BCUT2D eigenvalue weighted by Gasteiger charge is -2.63. The molecule has 5 saturated carbocycles. The minimum atomic E-state index is -4.55. The van der Waals surface area contributed by atoms with Crippen molar-refractivity contribution < 1.29 is 27.1 Å². The molecule has 5 rings (SSSR count). The Morgan fingerprint density at radius 1 is 1.00 bits per heavy atom. The summed E-state index contributed by atoms with van der Waals surface area (Å²) in [5.41, 5.74) is 0.190. The maximum atomic E-state index is 12.4.